The lowest BCUT2D eigenvalue weighted by molar-refractivity contribution is -0.121. The number of hydrogen-bond acceptors (Lipinski definition) is 3. The lowest BCUT2D eigenvalue weighted by Crippen LogP contribution is -2.30. The zero-order valence-corrected chi connectivity index (χ0v) is 15.0. The third-order valence-electron chi connectivity index (χ3n) is 4.46. The number of hydrogen-bond donors (Lipinski definition) is 2. The largest absolute Gasteiger partial charge is 0.491 e. The van der Waals surface area contributed by atoms with Crippen LogP contribution in [-0.2, 0) is 16.0 Å². The van der Waals surface area contributed by atoms with Gasteiger partial charge in [0.05, 0.1) is 12.3 Å². The third kappa shape index (κ3) is 4.42. The zero-order chi connectivity index (χ0) is 18.4. The highest BCUT2D eigenvalue weighted by Gasteiger charge is 2.26. The van der Waals surface area contributed by atoms with Crippen LogP contribution in [0.3, 0.4) is 0 Å². The van der Waals surface area contributed by atoms with Gasteiger partial charge >= 0.3 is 0 Å². The van der Waals surface area contributed by atoms with Gasteiger partial charge in [-0.25, -0.2) is 0 Å². The second-order valence-corrected chi connectivity index (χ2v) is 6.48. The van der Waals surface area contributed by atoms with Crippen LogP contribution >= 0.6 is 0 Å². The SMILES string of the molecule is CCCOc1ccccc1NC(=O)CCC1Cc2ccccc2NC1=O. The molecule has 0 fully saturated rings. The van der Waals surface area contributed by atoms with E-state index in [9.17, 15) is 9.59 Å². The van der Waals surface area contributed by atoms with Crippen LogP contribution in [0.15, 0.2) is 48.5 Å². The first-order valence-corrected chi connectivity index (χ1v) is 9.08. The minimum Gasteiger partial charge on any atom is -0.491 e. The molecule has 0 aliphatic carbocycles. The molecule has 2 amide bonds. The van der Waals surface area contributed by atoms with Gasteiger partial charge in [0.2, 0.25) is 11.8 Å². The first kappa shape index (κ1) is 18.0. The Morgan fingerprint density at radius 3 is 2.81 bits per heavy atom. The third-order valence-corrected chi connectivity index (χ3v) is 4.46. The molecule has 26 heavy (non-hydrogen) atoms. The second kappa shape index (κ2) is 8.52. The molecular weight excluding hydrogens is 328 g/mol. The summed E-state index contributed by atoms with van der Waals surface area (Å²) in [5.41, 5.74) is 2.67. The summed E-state index contributed by atoms with van der Waals surface area (Å²) in [6.07, 6.45) is 2.39. The summed E-state index contributed by atoms with van der Waals surface area (Å²) in [5.74, 6) is 0.377. The van der Waals surface area contributed by atoms with E-state index in [2.05, 4.69) is 10.6 Å². The first-order valence-electron chi connectivity index (χ1n) is 9.08. The number of carbonyl (C=O) groups excluding carboxylic acids is 2. The maximum Gasteiger partial charge on any atom is 0.227 e. The molecule has 1 unspecified atom stereocenters. The maximum atomic E-state index is 12.3. The van der Waals surface area contributed by atoms with E-state index in [1.165, 1.54) is 0 Å². The Hall–Kier alpha value is -2.82. The summed E-state index contributed by atoms with van der Waals surface area (Å²) in [7, 11) is 0. The number of ether oxygens (including phenoxy) is 1. The standard InChI is InChI=1S/C21H24N2O3/c1-2-13-26-19-10-6-5-9-18(19)22-20(24)12-11-16-14-15-7-3-4-8-17(15)23-21(16)25/h3-10,16H,2,11-14H2,1H3,(H,22,24)(H,23,25). The van der Waals surface area contributed by atoms with Crippen molar-refractivity contribution in [3.05, 3.63) is 54.1 Å². The number of carbonyl (C=O) groups is 2. The average molecular weight is 352 g/mol. The van der Waals surface area contributed by atoms with Crippen molar-refractivity contribution in [2.24, 2.45) is 5.92 Å². The van der Waals surface area contributed by atoms with Crippen LogP contribution in [0.2, 0.25) is 0 Å². The molecule has 0 spiro atoms. The number of benzene rings is 2. The minimum absolute atomic E-state index is 0.0109. The number of nitrogens with one attached hydrogen (secondary N) is 2. The van der Waals surface area contributed by atoms with Crippen molar-refractivity contribution >= 4 is 23.2 Å². The van der Waals surface area contributed by atoms with Gasteiger partial charge in [0, 0.05) is 18.0 Å². The molecule has 5 heteroatoms. The molecule has 0 saturated heterocycles. The molecule has 0 radical (unpaired) electrons. The highest BCUT2D eigenvalue weighted by atomic mass is 16.5. The summed E-state index contributed by atoms with van der Waals surface area (Å²) >= 11 is 0. The number of fused-ring (bicyclic) bond motifs is 1. The molecule has 1 heterocycles. The molecule has 3 rings (SSSR count). The van der Waals surface area contributed by atoms with E-state index < -0.39 is 0 Å². The Balaban J connectivity index is 1.56. The quantitative estimate of drug-likeness (QED) is 0.791. The Morgan fingerprint density at radius 2 is 1.96 bits per heavy atom. The van der Waals surface area contributed by atoms with Gasteiger partial charge in [-0.05, 0) is 43.0 Å². The van der Waals surface area contributed by atoms with Gasteiger partial charge in [-0.1, -0.05) is 37.3 Å². The summed E-state index contributed by atoms with van der Waals surface area (Å²) < 4.78 is 5.66. The predicted octanol–water partition coefficient (Wildman–Crippen LogP) is 4.01. The number of rotatable bonds is 7. The van der Waals surface area contributed by atoms with E-state index in [1.807, 2.05) is 55.5 Å². The second-order valence-electron chi connectivity index (χ2n) is 6.48. The summed E-state index contributed by atoms with van der Waals surface area (Å²) in [6, 6.07) is 15.2. The maximum absolute atomic E-state index is 12.3. The fraction of sp³-hybridized carbons (Fsp3) is 0.333. The minimum atomic E-state index is -0.178. The van der Waals surface area contributed by atoms with E-state index in [1.54, 1.807) is 0 Å². The Morgan fingerprint density at radius 1 is 1.19 bits per heavy atom. The molecule has 5 nitrogen and oxygen atoms in total. The fourth-order valence-corrected chi connectivity index (χ4v) is 3.07. The van der Waals surface area contributed by atoms with E-state index >= 15 is 0 Å². The normalized spacial score (nSPS) is 15.7. The predicted molar refractivity (Wildman–Crippen MR) is 102 cm³/mol. The van der Waals surface area contributed by atoms with Crippen LogP contribution in [0.5, 0.6) is 5.75 Å². The van der Waals surface area contributed by atoms with Crippen LogP contribution in [0.4, 0.5) is 11.4 Å². The molecule has 0 saturated carbocycles. The van der Waals surface area contributed by atoms with E-state index in [-0.39, 0.29) is 17.7 Å². The molecule has 1 aliphatic heterocycles. The Labute approximate surface area is 153 Å². The number of anilines is 2. The smallest absolute Gasteiger partial charge is 0.227 e. The fourth-order valence-electron chi connectivity index (χ4n) is 3.07. The van der Waals surface area contributed by atoms with Crippen LogP contribution < -0.4 is 15.4 Å². The first-order chi connectivity index (χ1) is 12.7. The van der Waals surface area contributed by atoms with Crippen molar-refractivity contribution in [2.45, 2.75) is 32.6 Å². The van der Waals surface area contributed by atoms with Gasteiger partial charge in [-0.2, -0.15) is 0 Å². The van der Waals surface area contributed by atoms with Crippen molar-refractivity contribution in [1.82, 2.24) is 0 Å². The molecule has 0 aromatic heterocycles. The topological polar surface area (TPSA) is 67.4 Å². The van der Waals surface area contributed by atoms with Crippen molar-refractivity contribution in [2.75, 3.05) is 17.2 Å². The van der Waals surface area contributed by atoms with Gasteiger partial charge in [-0.15, -0.1) is 0 Å². The van der Waals surface area contributed by atoms with Gasteiger partial charge in [0.15, 0.2) is 0 Å². The van der Waals surface area contributed by atoms with E-state index in [0.717, 1.165) is 17.7 Å². The lowest BCUT2D eigenvalue weighted by Gasteiger charge is -2.24. The lowest BCUT2D eigenvalue weighted by atomic mass is 9.89. The number of para-hydroxylation sites is 3. The van der Waals surface area contributed by atoms with Gasteiger partial charge in [0.25, 0.3) is 0 Å². The Bertz CT molecular complexity index is 788. The van der Waals surface area contributed by atoms with Crippen LogP contribution in [0.25, 0.3) is 0 Å². The molecule has 2 N–H and O–H groups in total. The van der Waals surface area contributed by atoms with Gasteiger partial charge in [0.1, 0.15) is 5.75 Å². The molecular formula is C21H24N2O3. The molecule has 2 aromatic rings. The molecule has 0 bridgehead atoms. The van der Waals surface area contributed by atoms with Crippen LogP contribution in [-0.4, -0.2) is 18.4 Å². The molecule has 1 aliphatic rings. The molecule has 136 valence electrons. The highest BCUT2D eigenvalue weighted by molar-refractivity contribution is 5.97. The monoisotopic (exact) mass is 352 g/mol. The van der Waals surface area contributed by atoms with Crippen LogP contribution in [0.1, 0.15) is 31.7 Å². The van der Waals surface area contributed by atoms with Crippen molar-refractivity contribution in [3.8, 4) is 5.75 Å². The van der Waals surface area contributed by atoms with Crippen molar-refractivity contribution in [1.29, 1.82) is 0 Å². The van der Waals surface area contributed by atoms with E-state index in [0.29, 0.717) is 37.3 Å². The molecule has 1 atom stereocenters. The van der Waals surface area contributed by atoms with Crippen LogP contribution in [0, 0.1) is 5.92 Å². The summed E-state index contributed by atoms with van der Waals surface area (Å²) in [4.78, 5) is 24.6. The average Bonchev–Trinajstić information content (AvgIpc) is 2.65. The Kier molecular flexibility index (Phi) is 5.89. The van der Waals surface area contributed by atoms with Gasteiger partial charge < -0.3 is 15.4 Å². The van der Waals surface area contributed by atoms with Crippen molar-refractivity contribution < 1.29 is 14.3 Å². The molecule has 2 aromatic carbocycles. The number of amides is 2. The van der Waals surface area contributed by atoms with Crippen molar-refractivity contribution in [3.63, 3.8) is 0 Å². The van der Waals surface area contributed by atoms with E-state index in [4.69, 9.17) is 4.74 Å². The summed E-state index contributed by atoms with van der Waals surface area (Å²) in [5, 5.41) is 5.82. The zero-order valence-electron chi connectivity index (χ0n) is 15.0. The van der Waals surface area contributed by atoms with Gasteiger partial charge in [-0.3, -0.25) is 9.59 Å². The summed E-state index contributed by atoms with van der Waals surface area (Å²) in [6.45, 7) is 2.64. The highest BCUT2D eigenvalue weighted by Crippen LogP contribution is 2.28.